The molecule has 2 heteroatoms. The summed E-state index contributed by atoms with van der Waals surface area (Å²) in [6, 6.07) is 0. The summed E-state index contributed by atoms with van der Waals surface area (Å²) in [6.07, 6.45) is 9.68. The zero-order valence-corrected chi connectivity index (χ0v) is 10.5. The van der Waals surface area contributed by atoms with Crippen LogP contribution in [0, 0.1) is 23.2 Å². The summed E-state index contributed by atoms with van der Waals surface area (Å²) in [5, 5.41) is 0. The lowest BCUT2D eigenvalue weighted by Crippen LogP contribution is -2.53. The van der Waals surface area contributed by atoms with Gasteiger partial charge >= 0.3 is 0 Å². The van der Waals surface area contributed by atoms with Gasteiger partial charge in [-0.3, -0.25) is 4.79 Å². The highest BCUT2D eigenvalue weighted by Gasteiger charge is 2.56. The van der Waals surface area contributed by atoms with E-state index in [1.807, 2.05) is 0 Å². The van der Waals surface area contributed by atoms with Gasteiger partial charge in [0.1, 0.15) is 5.78 Å². The predicted octanol–water partition coefficient (Wildman–Crippen LogP) is 3.32. The molecule has 4 rings (SSSR count). The summed E-state index contributed by atoms with van der Waals surface area (Å²) in [5.41, 5.74) is 0.0548. The van der Waals surface area contributed by atoms with Gasteiger partial charge in [0, 0.05) is 11.3 Å². The molecule has 0 spiro atoms. The van der Waals surface area contributed by atoms with Crippen LogP contribution in [-0.4, -0.2) is 12.4 Å². The summed E-state index contributed by atoms with van der Waals surface area (Å²) in [7, 11) is 0. The van der Waals surface area contributed by atoms with Crippen molar-refractivity contribution in [1.29, 1.82) is 0 Å². The first-order valence-electron chi connectivity index (χ1n) is 7.00. The van der Waals surface area contributed by atoms with Crippen LogP contribution >= 0.6 is 0 Å². The monoisotopic (exact) mass is 234 g/mol. The van der Waals surface area contributed by atoms with E-state index >= 15 is 0 Å². The summed E-state index contributed by atoms with van der Waals surface area (Å²) in [5.74, 6) is 2.72. The van der Waals surface area contributed by atoms with Gasteiger partial charge in [-0.25, -0.2) is 0 Å². The second-order valence-electron chi connectivity index (χ2n) is 6.33. The number of carbonyl (C=O) groups is 1. The fourth-order valence-corrected chi connectivity index (χ4v) is 4.84. The first kappa shape index (κ1) is 11.3. The normalized spacial score (nSPS) is 42.8. The van der Waals surface area contributed by atoms with Gasteiger partial charge in [0.2, 0.25) is 0 Å². The number of Topliss-reactive ketones (excluding diaryl/α,β-unsaturated/α-hetero) is 1. The van der Waals surface area contributed by atoms with E-state index in [4.69, 9.17) is 4.74 Å². The number of hydrogen-bond acceptors (Lipinski definition) is 2. The van der Waals surface area contributed by atoms with Crippen LogP contribution in [-0.2, 0) is 9.53 Å². The van der Waals surface area contributed by atoms with Crippen molar-refractivity contribution in [1.82, 2.24) is 0 Å². The topological polar surface area (TPSA) is 26.3 Å². The Bertz CT molecular complexity index is 320. The van der Waals surface area contributed by atoms with E-state index in [-0.39, 0.29) is 5.41 Å². The highest BCUT2D eigenvalue weighted by Crippen LogP contribution is 2.59. The highest BCUT2D eigenvalue weighted by molar-refractivity contribution is 5.89. The van der Waals surface area contributed by atoms with E-state index in [1.54, 1.807) is 0 Å². The Morgan fingerprint density at radius 2 is 2.00 bits per heavy atom. The van der Waals surface area contributed by atoms with Crippen molar-refractivity contribution in [2.75, 3.05) is 6.61 Å². The molecule has 94 valence electrons. The third-order valence-corrected chi connectivity index (χ3v) is 5.19. The molecule has 2 unspecified atom stereocenters. The van der Waals surface area contributed by atoms with E-state index in [2.05, 4.69) is 6.58 Å². The molecule has 0 N–H and O–H groups in total. The van der Waals surface area contributed by atoms with Gasteiger partial charge in [-0.05, 0) is 56.8 Å². The lowest BCUT2D eigenvalue weighted by molar-refractivity contribution is -0.153. The van der Waals surface area contributed by atoms with Crippen LogP contribution in [0.2, 0.25) is 0 Å². The fraction of sp³-hybridized carbons (Fsp3) is 0.800. The van der Waals surface area contributed by atoms with Crippen molar-refractivity contribution >= 4 is 5.78 Å². The van der Waals surface area contributed by atoms with Gasteiger partial charge < -0.3 is 4.74 Å². The Labute approximate surface area is 103 Å². The van der Waals surface area contributed by atoms with E-state index in [1.165, 1.54) is 38.4 Å². The van der Waals surface area contributed by atoms with Crippen molar-refractivity contribution in [3.8, 4) is 0 Å². The molecule has 4 saturated carbocycles. The maximum Gasteiger partial charge on any atom is 0.142 e. The van der Waals surface area contributed by atoms with Gasteiger partial charge in [-0.15, -0.1) is 0 Å². The maximum absolute atomic E-state index is 12.5. The molecule has 0 heterocycles. The van der Waals surface area contributed by atoms with Crippen LogP contribution in [0.25, 0.3) is 0 Å². The van der Waals surface area contributed by atoms with Gasteiger partial charge in [-0.2, -0.15) is 0 Å². The smallest absolute Gasteiger partial charge is 0.142 e. The van der Waals surface area contributed by atoms with Crippen molar-refractivity contribution in [2.45, 2.75) is 44.9 Å². The molecule has 2 atom stereocenters. The first-order valence-corrected chi connectivity index (χ1v) is 7.00. The number of carbonyl (C=O) groups excluding carboxylic acids is 1. The van der Waals surface area contributed by atoms with Crippen LogP contribution in [0.15, 0.2) is 12.8 Å². The number of ketones is 1. The van der Waals surface area contributed by atoms with Gasteiger partial charge in [0.15, 0.2) is 0 Å². The molecule has 17 heavy (non-hydrogen) atoms. The predicted molar refractivity (Wildman–Crippen MR) is 66.4 cm³/mol. The third-order valence-electron chi connectivity index (χ3n) is 5.19. The highest BCUT2D eigenvalue weighted by atomic mass is 16.5. The molecule has 0 aliphatic heterocycles. The quantitative estimate of drug-likeness (QED) is 0.539. The number of rotatable bonds is 5. The van der Waals surface area contributed by atoms with Gasteiger partial charge in [0.25, 0.3) is 0 Å². The maximum atomic E-state index is 12.5. The summed E-state index contributed by atoms with van der Waals surface area (Å²) in [6.45, 7) is 4.27. The van der Waals surface area contributed by atoms with Crippen LogP contribution in [0.1, 0.15) is 44.9 Å². The Kier molecular flexibility index (Phi) is 2.76. The zero-order valence-electron chi connectivity index (χ0n) is 10.5. The second-order valence-corrected chi connectivity index (χ2v) is 6.33. The van der Waals surface area contributed by atoms with Crippen LogP contribution < -0.4 is 0 Å². The lowest BCUT2D eigenvalue weighted by atomic mass is 9.48. The minimum absolute atomic E-state index is 0.0548. The lowest BCUT2D eigenvalue weighted by Gasteiger charge is -2.55. The van der Waals surface area contributed by atoms with Crippen LogP contribution in [0.5, 0.6) is 0 Å². The minimum Gasteiger partial charge on any atom is -0.502 e. The average Bonchev–Trinajstić information content (AvgIpc) is 2.31. The molecule has 4 fully saturated rings. The Morgan fingerprint density at radius 1 is 1.29 bits per heavy atom. The standard InChI is InChI=1S/C15H22O2/c1-2-17-5-3-4-15-9-11-6-12(10-15)8-13(7-11)14(15)16/h2,11-13H,1,3-10H2. The largest absolute Gasteiger partial charge is 0.502 e. The number of hydrogen-bond donors (Lipinski definition) is 0. The zero-order chi connectivity index (χ0) is 11.9. The van der Waals surface area contributed by atoms with E-state index in [0.717, 1.165) is 31.3 Å². The van der Waals surface area contributed by atoms with Crippen LogP contribution in [0.3, 0.4) is 0 Å². The van der Waals surface area contributed by atoms with Gasteiger partial charge in [0.05, 0.1) is 12.9 Å². The molecule has 0 aromatic carbocycles. The Balaban J connectivity index is 1.68. The molecule has 2 nitrogen and oxygen atoms in total. The molecule has 0 amide bonds. The van der Waals surface area contributed by atoms with Crippen molar-refractivity contribution in [3.63, 3.8) is 0 Å². The van der Waals surface area contributed by atoms with E-state index in [9.17, 15) is 4.79 Å². The molecule has 4 aliphatic carbocycles. The summed E-state index contributed by atoms with van der Waals surface area (Å²) < 4.78 is 5.18. The first-order chi connectivity index (χ1) is 8.23. The summed E-state index contributed by atoms with van der Waals surface area (Å²) in [4.78, 5) is 12.5. The SMILES string of the molecule is C=COCCCC12CC3CC(CC(C3)C1=O)C2. The number of ether oxygens (including phenoxy) is 1. The van der Waals surface area contributed by atoms with Crippen molar-refractivity contribution < 1.29 is 9.53 Å². The molecular formula is C15H22O2. The molecular weight excluding hydrogens is 212 g/mol. The Hall–Kier alpha value is -0.790. The summed E-state index contributed by atoms with van der Waals surface area (Å²) >= 11 is 0. The molecule has 0 saturated heterocycles. The average molecular weight is 234 g/mol. The minimum atomic E-state index is 0.0548. The van der Waals surface area contributed by atoms with Crippen LogP contribution in [0.4, 0.5) is 0 Å². The molecule has 4 aliphatic rings. The van der Waals surface area contributed by atoms with E-state index in [0.29, 0.717) is 11.7 Å². The molecule has 4 bridgehead atoms. The fourth-order valence-electron chi connectivity index (χ4n) is 4.84. The molecule has 0 aromatic rings. The van der Waals surface area contributed by atoms with Gasteiger partial charge in [-0.1, -0.05) is 6.58 Å². The van der Waals surface area contributed by atoms with E-state index < -0.39 is 0 Å². The molecule has 0 radical (unpaired) electrons. The van der Waals surface area contributed by atoms with Crippen molar-refractivity contribution in [2.24, 2.45) is 23.2 Å². The second kappa shape index (κ2) is 4.15. The Morgan fingerprint density at radius 3 is 2.65 bits per heavy atom. The molecule has 0 aromatic heterocycles. The third kappa shape index (κ3) is 1.82. The van der Waals surface area contributed by atoms with Crippen molar-refractivity contribution in [3.05, 3.63) is 12.8 Å².